The molecule has 0 radical (unpaired) electrons. The van der Waals surface area contributed by atoms with Gasteiger partial charge in [-0.1, -0.05) is 78.3 Å². The van der Waals surface area contributed by atoms with Gasteiger partial charge in [-0.25, -0.2) is 87.8 Å². The summed E-state index contributed by atoms with van der Waals surface area (Å²) in [4.78, 5) is 13.5. The molecular formula is C50H21BClF20OP. The van der Waals surface area contributed by atoms with E-state index in [4.69, 9.17) is 11.6 Å². The lowest BCUT2D eigenvalue weighted by Gasteiger charge is -2.44. The van der Waals surface area contributed by atoms with Crippen LogP contribution in [0, 0.1) is 116 Å². The molecule has 0 aliphatic heterocycles. The molecule has 8 rings (SSSR count). The van der Waals surface area contributed by atoms with E-state index < -0.39 is 152 Å². The average molecular weight is 1090 g/mol. The molecule has 24 heteroatoms. The molecule has 0 spiro atoms. The van der Waals surface area contributed by atoms with Gasteiger partial charge in [-0.3, -0.25) is 4.79 Å². The maximum Gasteiger partial charge on any atom is 0.202 e. The highest BCUT2D eigenvalue weighted by Gasteiger charge is 2.53. The second-order valence-corrected chi connectivity index (χ2v) is 19.6. The number of benzene rings is 8. The van der Waals surface area contributed by atoms with Gasteiger partial charge >= 0.3 is 0 Å². The zero-order valence-corrected chi connectivity index (χ0v) is 37.7. The van der Waals surface area contributed by atoms with Crippen molar-refractivity contribution < 1.29 is 92.6 Å². The number of hydrogen-bond donors (Lipinski definition) is 0. The first-order valence-electron chi connectivity index (χ1n) is 20.5. The summed E-state index contributed by atoms with van der Waals surface area (Å²) in [5, 5.41) is 4.08. The Morgan fingerprint density at radius 2 is 0.514 bits per heavy atom. The molecule has 74 heavy (non-hydrogen) atoms. The lowest BCUT2D eigenvalue weighted by atomic mass is 9.12. The van der Waals surface area contributed by atoms with E-state index in [0.29, 0.717) is 16.7 Å². The SMILES string of the molecule is Fc1c(F)c(F)c([B-](c2c(F)c(F)c(F)c(F)c2F)(c2c(F)c(F)c(F)c(F)c2F)c2c(F)c(F)c(F)c(F)c2F)c(F)c1F.O=C(C[P+](c1ccccc1)(c1ccccc1)c1ccccc1)c1ccccc1Cl. The smallest absolute Gasteiger partial charge is 0.202 e. The molecule has 0 aromatic heterocycles. The normalized spacial score (nSPS) is 11.7. The van der Waals surface area contributed by atoms with Crippen molar-refractivity contribution in [3.8, 4) is 0 Å². The highest BCUT2D eigenvalue weighted by molar-refractivity contribution is 7.96. The van der Waals surface area contributed by atoms with Crippen molar-refractivity contribution in [3.05, 3.63) is 242 Å². The Morgan fingerprint density at radius 3 is 0.743 bits per heavy atom. The molecule has 8 aromatic carbocycles. The fourth-order valence-corrected chi connectivity index (χ4v) is 13.0. The third-order valence-corrected chi connectivity index (χ3v) is 16.5. The molecule has 0 heterocycles. The van der Waals surface area contributed by atoms with E-state index in [1.54, 1.807) is 6.07 Å². The Kier molecular flexibility index (Phi) is 15.5. The molecule has 0 saturated carbocycles. The zero-order valence-electron chi connectivity index (χ0n) is 36.0. The van der Waals surface area contributed by atoms with E-state index in [-0.39, 0.29) is 5.78 Å². The second-order valence-electron chi connectivity index (χ2n) is 15.7. The van der Waals surface area contributed by atoms with E-state index in [1.165, 1.54) is 15.9 Å². The Labute approximate surface area is 408 Å². The number of Topliss-reactive ketones (excluding diaryl/α,β-unsaturated/α-hetero) is 1. The lowest BCUT2D eigenvalue weighted by molar-refractivity contribution is 0.102. The van der Waals surface area contributed by atoms with Crippen LogP contribution in [-0.4, -0.2) is 18.1 Å². The minimum Gasteiger partial charge on any atom is -0.290 e. The monoisotopic (exact) mass is 1090 g/mol. The van der Waals surface area contributed by atoms with Gasteiger partial charge in [-0.15, -0.1) is 21.9 Å². The maximum absolute atomic E-state index is 15.4. The highest BCUT2D eigenvalue weighted by Crippen LogP contribution is 2.55. The highest BCUT2D eigenvalue weighted by atomic mass is 35.5. The number of rotatable bonds is 10. The van der Waals surface area contributed by atoms with Gasteiger partial charge in [0.25, 0.3) is 0 Å². The Bertz CT molecular complexity index is 3040. The summed E-state index contributed by atoms with van der Waals surface area (Å²) in [5.74, 6) is -71.3. The summed E-state index contributed by atoms with van der Waals surface area (Å²) < 4.78 is 294. The van der Waals surface area contributed by atoms with Gasteiger partial charge in [0.2, 0.25) is 5.78 Å². The molecule has 382 valence electrons. The summed E-state index contributed by atoms with van der Waals surface area (Å²) in [7, 11) is -2.20. The van der Waals surface area contributed by atoms with Crippen LogP contribution in [0.4, 0.5) is 87.8 Å². The van der Waals surface area contributed by atoms with Crippen molar-refractivity contribution in [2.24, 2.45) is 0 Å². The van der Waals surface area contributed by atoms with Gasteiger partial charge in [0.15, 0.2) is 69.8 Å². The summed E-state index contributed by atoms with van der Waals surface area (Å²) in [6.07, 6.45) is -6.82. The van der Waals surface area contributed by atoms with Gasteiger partial charge in [-0.2, -0.15) is 0 Å². The summed E-state index contributed by atoms with van der Waals surface area (Å²) >= 11 is 6.38. The van der Waals surface area contributed by atoms with Gasteiger partial charge in [0, 0.05) is 5.56 Å². The molecule has 8 aromatic rings. The predicted molar refractivity (Wildman–Crippen MR) is 235 cm³/mol. The molecule has 0 bridgehead atoms. The molecule has 1 nitrogen and oxygen atoms in total. The molecular weight excluding hydrogens is 1070 g/mol. The van der Waals surface area contributed by atoms with Crippen LogP contribution < -0.4 is 37.8 Å². The molecule has 0 N–H and O–H groups in total. The average Bonchev–Trinajstić information content (AvgIpc) is 3.41. The number of halogens is 21. The van der Waals surface area contributed by atoms with Crippen molar-refractivity contribution in [2.45, 2.75) is 0 Å². The topological polar surface area (TPSA) is 17.1 Å². The van der Waals surface area contributed by atoms with Crippen LogP contribution in [0.25, 0.3) is 0 Å². The first-order chi connectivity index (χ1) is 34.9. The second kappa shape index (κ2) is 21.0. The van der Waals surface area contributed by atoms with Crippen molar-refractivity contribution in [3.63, 3.8) is 0 Å². The van der Waals surface area contributed by atoms with Crippen LogP contribution in [-0.2, 0) is 0 Å². The Hall–Kier alpha value is -7.19. The minimum absolute atomic E-state index is 0.0699. The van der Waals surface area contributed by atoms with Crippen LogP contribution in [0.3, 0.4) is 0 Å². The number of carbonyl (C=O) groups excluding carboxylic acids is 1. The van der Waals surface area contributed by atoms with E-state index in [9.17, 15) is 57.5 Å². The first kappa shape index (κ1) is 54.6. The van der Waals surface area contributed by atoms with Gasteiger partial charge in [-0.05, 0) is 48.5 Å². The molecule has 0 fully saturated rings. The molecule has 0 atom stereocenters. The largest absolute Gasteiger partial charge is 0.290 e. The fraction of sp³-hybridized carbons (Fsp3) is 0.0200. The Balaban J connectivity index is 0.000000237. The lowest BCUT2D eigenvalue weighted by Crippen LogP contribution is -2.81. The number of hydrogen-bond acceptors (Lipinski definition) is 1. The van der Waals surface area contributed by atoms with E-state index >= 15 is 35.1 Å². The van der Waals surface area contributed by atoms with Crippen LogP contribution in [0.1, 0.15) is 10.4 Å². The zero-order chi connectivity index (χ0) is 54.5. The van der Waals surface area contributed by atoms with Crippen molar-refractivity contribution in [1.29, 1.82) is 0 Å². The van der Waals surface area contributed by atoms with E-state index in [2.05, 4.69) is 72.8 Å². The molecule has 0 aliphatic carbocycles. The third kappa shape index (κ3) is 8.64. The minimum atomic E-state index is -7.22. The summed E-state index contributed by atoms with van der Waals surface area (Å²) in [5.41, 5.74) is -13.7. The number of ketones is 1. The van der Waals surface area contributed by atoms with Crippen LogP contribution in [0.5, 0.6) is 0 Å². The van der Waals surface area contributed by atoms with Crippen LogP contribution in [0.2, 0.25) is 5.02 Å². The van der Waals surface area contributed by atoms with Gasteiger partial charge in [0.1, 0.15) is 82.0 Å². The van der Waals surface area contributed by atoms with Crippen molar-refractivity contribution in [1.82, 2.24) is 0 Å². The molecule has 0 unspecified atom stereocenters. The standard InChI is InChI=1S/C26H21ClOP.C24BF20/c27-25-19-11-10-18-24(25)26(28)20-29(21-12-4-1-5-13-21,22-14-6-2-7-15-22)23-16-8-3-9-17-23;26-5-1(6(27)14(35)21(42)13(5)34)25(2-7(28)15(36)22(43)16(37)8(2)29,3-9(30)17(38)23(44)18(39)10(3)31)4-11(32)19(40)24(45)20(41)12(4)33/h1-19H,20H2;/q+1;-1. The van der Waals surface area contributed by atoms with E-state index in [1.807, 2.05) is 36.4 Å². The van der Waals surface area contributed by atoms with Crippen LogP contribution >= 0.6 is 18.9 Å². The van der Waals surface area contributed by atoms with Gasteiger partial charge < -0.3 is 0 Å². The molecule has 0 amide bonds. The predicted octanol–water partition coefficient (Wildman–Crippen LogP) is 11.4. The summed E-state index contributed by atoms with van der Waals surface area (Å²) in [6.45, 7) is 0. The summed E-state index contributed by atoms with van der Waals surface area (Å²) in [6, 6.07) is 38.6. The van der Waals surface area contributed by atoms with Crippen LogP contribution in [0.15, 0.2) is 115 Å². The van der Waals surface area contributed by atoms with Crippen molar-refractivity contribution >= 4 is 68.6 Å². The third-order valence-electron chi connectivity index (χ3n) is 11.9. The maximum atomic E-state index is 15.4. The van der Waals surface area contributed by atoms with Crippen molar-refractivity contribution in [2.75, 3.05) is 6.16 Å². The molecule has 0 aliphatic rings. The van der Waals surface area contributed by atoms with Gasteiger partial charge in [0.05, 0.1) is 5.02 Å². The number of carbonyl (C=O) groups is 1. The molecule has 0 saturated heterocycles. The first-order valence-corrected chi connectivity index (χ1v) is 22.8. The fourth-order valence-electron chi connectivity index (χ4n) is 8.63. The quantitative estimate of drug-likeness (QED) is 0.0333. The Morgan fingerprint density at radius 1 is 0.311 bits per heavy atom. The van der Waals surface area contributed by atoms with E-state index in [0.717, 1.165) is 0 Å².